The van der Waals surface area contributed by atoms with Crippen molar-refractivity contribution >= 4 is 31.1 Å². The second kappa shape index (κ2) is 10.7. The largest absolute Gasteiger partial charge is 0.487 e. The Balaban J connectivity index is 1.27. The number of aliphatic hydroxyl groups is 1. The van der Waals surface area contributed by atoms with Crippen LogP contribution in [0.2, 0.25) is 0 Å². The molecule has 1 aromatic carbocycles. The third kappa shape index (κ3) is 5.32. The molecule has 2 fully saturated rings. The molecule has 4 heterocycles. The van der Waals surface area contributed by atoms with Gasteiger partial charge in [0.05, 0.1) is 28.8 Å². The van der Waals surface area contributed by atoms with Crippen molar-refractivity contribution in [3.63, 3.8) is 0 Å². The van der Waals surface area contributed by atoms with Gasteiger partial charge in [-0.1, -0.05) is 6.07 Å². The van der Waals surface area contributed by atoms with E-state index in [0.29, 0.717) is 48.2 Å². The van der Waals surface area contributed by atoms with Gasteiger partial charge in [-0.25, -0.2) is 26.5 Å². The van der Waals surface area contributed by atoms with Crippen molar-refractivity contribution in [2.45, 2.75) is 53.8 Å². The summed E-state index contributed by atoms with van der Waals surface area (Å²) in [4.78, 5) is 7.12. The zero-order valence-electron chi connectivity index (χ0n) is 22.1. The molecule has 5 rings (SSSR count). The first kappa shape index (κ1) is 28.5. The molecular formula is C26H31N5O7S2. The van der Waals surface area contributed by atoms with E-state index in [0.717, 1.165) is 0 Å². The van der Waals surface area contributed by atoms with Crippen molar-refractivity contribution in [2.24, 2.45) is 5.92 Å². The lowest BCUT2D eigenvalue weighted by atomic mass is 9.83. The van der Waals surface area contributed by atoms with E-state index in [1.807, 2.05) is 6.07 Å². The molecule has 12 nitrogen and oxygen atoms in total. The summed E-state index contributed by atoms with van der Waals surface area (Å²) in [6, 6.07) is 9.59. The lowest BCUT2D eigenvalue weighted by Gasteiger charge is -2.38. The van der Waals surface area contributed by atoms with Crippen LogP contribution in [0.15, 0.2) is 52.5 Å². The molecule has 0 bridgehead atoms. The number of pyridine rings is 1. The molecule has 2 aliphatic heterocycles. The molecule has 0 aliphatic carbocycles. The van der Waals surface area contributed by atoms with Crippen molar-refractivity contribution in [1.29, 1.82) is 5.26 Å². The zero-order chi connectivity index (χ0) is 28.7. The quantitative estimate of drug-likeness (QED) is 0.353. The van der Waals surface area contributed by atoms with Crippen molar-refractivity contribution < 1.29 is 31.4 Å². The SMILES string of the molecule is CNS(=O)(=O)c1cccc(OC(C(C)O)[C@H]2COC3(CCN(S(=O)(=O)c4cnc5[nH]cc(C#N)c5c4)CC3)C2)c1. The maximum atomic E-state index is 13.4. The smallest absolute Gasteiger partial charge is 0.244 e. The summed E-state index contributed by atoms with van der Waals surface area (Å²) in [6.45, 7) is 2.43. The highest BCUT2D eigenvalue weighted by Crippen LogP contribution is 2.42. The number of H-pyrrole nitrogens is 1. The monoisotopic (exact) mass is 589 g/mol. The van der Waals surface area contributed by atoms with Crippen LogP contribution in [0.25, 0.3) is 11.0 Å². The predicted molar refractivity (Wildman–Crippen MR) is 144 cm³/mol. The van der Waals surface area contributed by atoms with Crippen LogP contribution in [0.4, 0.5) is 0 Å². The predicted octanol–water partition coefficient (Wildman–Crippen LogP) is 1.73. The molecule has 3 N–H and O–H groups in total. The molecule has 14 heteroatoms. The molecule has 214 valence electrons. The number of fused-ring (bicyclic) bond motifs is 1. The van der Waals surface area contributed by atoms with E-state index in [1.165, 1.54) is 41.9 Å². The van der Waals surface area contributed by atoms with Crippen molar-refractivity contribution in [3.8, 4) is 11.8 Å². The van der Waals surface area contributed by atoms with Gasteiger partial charge in [-0.3, -0.25) is 0 Å². The first-order valence-corrected chi connectivity index (χ1v) is 15.8. The van der Waals surface area contributed by atoms with Crippen molar-refractivity contribution in [2.75, 3.05) is 26.7 Å². The van der Waals surface area contributed by atoms with Gasteiger partial charge < -0.3 is 19.6 Å². The second-order valence-electron chi connectivity index (χ2n) is 10.2. The van der Waals surface area contributed by atoms with Crippen LogP contribution in [-0.2, 0) is 24.8 Å². The number of benzene rings is 1. The zero-order valence-corrected chi connectivity index (χ0v) is 23.7. The summed E-state index contributed by atoms with van der Waals surface area (Å²) in [6.07, 6.45) is 2.78. The molecule has 0 saturated carbocycles. The molecule has 2 saturated heterocycles. The average molecular weight is 590 g/mol. The van der Waals surface area contributed by atoms with Crippen LogP contribution in [0.3, 0.4) is 0 Å². The Morgan fingerprint density at radius 1 is 1.25 bits per heavy atom. The number of rotatable bonds is 8. The minimum atomic E-state index is -3.83. The van der Waals surface area contributed by atoms with E-state index in [-0.39, 0.29) is 28.8 Å². The lowest BCUT2D eigenvalue weighted by molar-refractivity contribution is -0.0338. The number of ether oxygens (including phenoxy) is 2. The fourth-order valence-corrected chi connectivity index (χ4v) is 7.70. The number of aliphatic hydroxyl groups excluding tert-OH is 1. The molecule has 1 spiro atoms. The number of sulfonamides is 2. The summed E-state index contributed by atoms with van der Waals surface area (Å²) < 4.78 is 67.2. The minimum absolute atomic E-state index is 0.0300. The van der Waals surface area contributed by atoms with E-state index in [9.17, 15) is 27.2 Å². The number of aromatic nitrogens is 2. The van der Waals surface area contributed by atoms with Gasteiger partial charge in [0, 0.05) is 42.9 Å². The number of nitrogens with one attached hydrogen (secondary N) is 2. The van der Waals surface area contributed by atoms with E-state index in [1.54, 1.807) is 19.1 Å². The number of aromatic amines is 1. The Kier molecular flexibility index (Phi) is 7.64. The first-order valence-electron chi connectivity index (χ1n) is 12.9. The third-order valence-electron chi connectivity index (χ3n) is 7.73. The number of nitrogens with zero attached hydrogens (tertiary/aromatic N) is 3. The summed E-state index contributed by atoms with van der Waals surface area (Å²) in [5.41, 5.74) is 0.220. The molecule has 3 atom stereocenters. The van der Waals surface area contributed by atoms with Crippen LogP contribution in [0.5, 0.6) is 5.75 Å². The van der Waals surface area contributed by atoms with Gasteiger partial charge in [0.2, 0.25) is 20.0 Å². The van der Waals surface area contributed by atoms with E-state index in [2.05, 4.69) is 14.7 Å². The second-order valence-corrected chi connectivity index (χ2v) is 14.1. The molecule has 3 aromatic rings. The van der Waals surface area contributed by atoms with Crippen LogP contribution < -0.4 is 9.46 Å². The van der Waals surface area contributed by atoms with E-state index < -0.39 is 37.9 Å². The number of nitriles is 1. The lowest BCUT2D eigenvalue weighted by Crippen LogP contribution is -2.47. The average Bonchev–Trinajstić information content (AvgIpc) is 3.55. The fraction of sp³-hybridized carbons (Fsp3) is 0.462. The highest BCUT2D eigenvalue weighted by Gasteiger charge is 2.48. The molecular weight excluding hydrogens is 558 g/mol. The first-order chi connectivity index (χ1) is 19.0. The maximum Gasteiger partial charge on any atom is 0.244 e. The fourth-order valence-electron chi connectivity index (χ4n) is 5.52. The van der Waals surface area contributed by atoms with E-state index in [4.69, 9.17) is 9.47 Å². The van der Waals surface area contributed by atoms with Gasteiger partial charge >= 0.3 is 0 Å². The highest BCUT2D eigenvalue weighted by molar-refractivity contribution is 7.89. The topological polar surface area (TPSA) is 175 Å². The Morgan fingerprint density at radius 3 is 2.67 bits per heavy atom. The van der Waals surface area contributed by atoms with Gasteiger partial charge in [-0.15, -0.1) is 0 Å². The van der Waals surface area contributed by atoms with Crippen molar-refractivity contribution in [3.05, 3.63) is 48.3 Å². The van der Waals surface area contributed by atoms with Crippen LogP contribution in [-0.4, -0.2) is 80.8 Å². The maximum absolute atomic E-state index is 13.4. The normalized spacial score (nSPS) is 21.3. The number of hydrogen-bond acceptors (Lipinski definition) is 9. The molecule has 40 heavy (non-hydrogen) atoms. The minimum Gasteiger partial charge on any atom is -0.487 e. The van der Waals surface area contributed by atoms with Gasteiger partial charge in [-0.05, 0) is 51.4 Å². The molecule has 2 aliphatic rings. The molecule has 2 aromatic heterocycles. The Morgan fingerprint density at radius 2 is 2.00 bits per heavy atom. The van der Waals surface area contributed by atoms with Gasteiger partial charge in [0.1, 0.15) is 28.5 Å². The summed E-state index contributed by atoms with van der Waals surface area (Å²) in [5.74, 6) is 0.133. The Bertz CT molecular complexity index is 1660. The van der Waals surface area contributed by atoms with Crippen LogP contribution >= 0.6 is 0 Å². The molecule has 0 radical (unpaired) electrons. The molecule has 2 unspecified atom stereocenters. The third-order valence-corrected chi connectivity index (χ3v) is 11.0. The van der Waals surface area contributed by atoms with Crippen LogP contribution in [0, 0.1) is 17.2 Å². The van der Waals surface area contributed by atoms with Gasteiger partial charge in [-0.2, -0.15) is 9.57 Å². The van der Waals surface area contributed by atoms with Crippen molar-refractivity contribution in [1.82, 2.24) is 19.0 Å². The summed E-state index contributed by atoms with van der Waals surface area (Å²) in [5, 5.41) is 20.3. The van der Waals surface area contributed by atoms with Gasteiger partial charge in [0.15, 0.2) is 0 Å². The summed E-state index contributed by atoms with van der Waals surface area (Å²) >= 11 is 0. The highest BCUT2D eigenvalue weighted by atomic mass is 32.2. The number of hydrogen-bond donors (Lipinski definition) is 3. The Labute approximate surface area is 233 Å². The summed E-state index contributed by atoms with van der Waals surface area (Å²) in [7, 11) is -6.16. The van der Waals surface area contributed by atoms with Crippen LogP contribution in [0.1, 0.15) is 31.7 Å². The molecule has 0 amide bonds. The van der Waals surface area contributed by atoms with Gasteiger partial charge in [0.25, 0.3) is 0 Å². The van der Waals surface area contributed by atoms with E-state index >= 15 is 0 Å². The standard InChI is InChI=1S/C26H31N5O7S2/c1-17(32)24(38-20-4-3-5-21(10-20)39(33,34)28-2)18-12-26(37-16-18)6-8-31(9-7-26)40(35,36)22-11-23-19(13-27)14-29-25(23)30-15-22/h3-5,10-11,14-15,17-18,24,28,32H,6-9,12,16H2,1-2H3,(H,29,30)/t17?,18-,24?/m1/s1. The number of piperidine rings is 1. The Hall–Kier alpha value is -3.06.